The standard InChI is InChI=1S/C15H20N2O3S.C10H12N2OS.ClH/c1-15(2,3)19-14(18)17-7-4-10(5-8-17)12-13-11(20-16-12)6-9-21-13;1-4-11-5-2-7(1)9-10-8(13-12-9)3-6-14-10;/h6,9-10H,4-5,7-8H2,1-3H3;3,6-7,11H,1-2,4-5H2;1H. The monoisotopic (exact) mass is 552 g/mol. The van der Waals surface area contributed by atoms with Crippen LogP contribution < -0.4 is 5.32 Å². The molecule has 2 saturated heterocycles. The molecule has 4 aromatic heterocycles. The molecule has 0 radical (unpaired) electrons. The number of halogens is 1. The Morgan fingerprint density at radius 2 is 1.44 bits per heavy atom. The van der Waals surface area contributed by atoms with Crippen LogP contribution in [0.4, 0.5) is 4.79 Å². The molecule has 6 heterocycles. The van der Waals surface area contributed by atoms with Crippen LogP contribution in [0.25, 0.3) is 20.6 Å². The highest BCUT2D eigenvalue weighted by Gasteiger charge is 2.30. The minimum Gasteiger partial charge on any atom is -0.444 e. The number of ether oxygens (including phenoxy) is 1. The van der Waals surface area contributed by atoms with Gasteiger partial charge in [0.05, 0.1) is 9.40 Å². The smallest absolute Gasteiger partial charge is 0.410 e. The zero-order valence-electron chi connectivity index (χ0n) is 20.8. The van der Waals surface area contributed by atoms with Gasteiger partial charge in [0.1, 0.15) is 17.0 Å². The molecule has 4 aromatic rings. The molecule has 196 valence electrons. The number of amides is 1. The number of hydrogen-bond donors (Lipinski definition) is 1. The van der Waals surface area contributed by atoms with Gasteiger partial charge in [-0.3, -0.25) is 0 Å². The van der Waals surface area contributed by atoms with E-state index in [9.17, 15) is 4.79 Å². The van der Waals surface area contributed by atoms with Crippen LogP contribution in [0, 0.1) is 0 Å². The molecule has 2 aliphatic rings. The van der Waals surface area contributed by atoms with Crippen LogP contribution in [0.5, 0.6) is 0 Å². The van der Waals surface area contributed by atoms with Gasteiger partial charge < -0.3 is 24.0 Å². The molecule has 2 aliphatic heterocycles. The first-order valence-electron chi connectivity index (χ1n) is 12.2. The van der Waals surface area contributed by atoms with Gasteiger partial charge in [-0.25, -0.2) is 4.79 Å². The summed E-state index contributed by atoms with van der Waals surface area (Å²) in [6.07, 6.45) is 3.94. The third kappa shape index (κ3) is 6.04. The summed E-state index contributed by atoms with van der Waals surface area (Å²) in [5.74, 6) is 0.958. The van der Waals surface area contributed by atoms with E-state index < -0.39 is 5.60 Å². The van der Waals surface area contributed by atoms with Crippen molar-refractivity contribution >= 4 is 61.7 Å². The number of aromatic nitrogens is 2. The van der Waals surface area contributed by atoms with E-state index in [1.807, 2.05) is 38.3 Å². The average molecular weight is 553 g/mol. The Balaban J connectivity index is 0.000000176. The van der Waals surface area contributed by atoms with E-state index in [0.29, 0.717) is 24.9 Å². The van der Waals surface area contributed by atoms with Crippen LogP contribution in [0.1, 0.15) is 69.7 Å². The van der Waals surface area contributed by atoms with Crippen molar-refractivity contribution in [3.63, 3.8) is 0 Å². The molecule has 1 N–H and O–H groups in total. The lowest BCUT2D eigenvalue weighted by Crippen LogP contribution is -2.41. The van der Waals surface area contributed by atoms with E-state index in [2.05, 4.69) is 21.0 Å². The van der Waals surface area contributed by atoms with Crippen LogP contribution in [0.2, 0.25) is 0 Å². The molecule has 36 heavy (non-hydrogen) atoms. The second-order valence-corrected chi connectivity index (χ2v) is 12.0. The predicted octanol–water partition coefficient (Wildman–Crippen LogP) is 6.78. The molecular weight excluding hydrogens is 520 g/mol. The van der Waals surface area contributed by atoms with E-state index in [1.54, 1.807) is 27.6 Å². The quantitative estimate of drug-likeness (QED) is 0.293. The summed E-state index contributed by atoms with van der Waals surface area (Å²) in [5, 5.41) is 15.9. The van der Waals surface area contributed by atoms with Crippen molar-refractivity contribution in [2.75, 3.05) is 26.2 Å². The molecule has 0 unspecified atom stereocenters. The number of nitrogens with one attached hydrogen (secondary N) is 1. The van der Waals surface area contributed by atoms with Crippen molar-refractivity contribution in [1.82, 2.24) is 20.5 Å². The van der Waals surface area contributed by atoms with Gasteiger partial charge >= 0.3 is 6.09 Å². The zero-order valence-corrected chi connectivity index (χ0v) is 23.3. The Labute approximate surface area is 224 Å². The van der Waals surface area contributed by atoms with Gasteiger partial charge in [-0.2, -0.15) is 0 Å². The lowest BCUT2D eigenvalue weighted by atomic mass is 9.94. The van der Waals surface area contributed by atoms with Gasteiger partial charge in [-0.1, -0.05) is 10.3 Å². The highest BCUT2D eigenvalue weighted by Crippen LogP contribution is 2.35. The number of carbonyl (C=O) groups excluding carboxylic acids is 1. The number of nitrogens with zero attached hydrogens (tertiary/aromatic N) is 3. The fraction of sp³-hybridized carbons (Fsp3) is 0.560. The second kappa shape index (κ2) is 11.5. The molecule has 0 bridgehead atoms. The van der Waals surface area contributed by atoms with E-state index in [-0.39, 0.29) is 18.5 Å². The first-order valence-corrected chi connectivity index (χ1v) is 14.0. The highest BCUT2D eigenvalue weighted by atomic mass is 35.5. The first kappa shape index (κ1) is 26.9. The Bertz CT molecular complexity index is 1260. The van der Waals surface area contributed by atoms with E-state index in [0.717, 1.165) is 47.5 Å². The number of carbonyl (C=O) groups is 1. The third-order valence-electron chi connectivity index (χ3n) is 6.47. The average Bonchev–Trinajstić information content (AvgIpc) is 3.61. The summed E-state index contributed by atoms with van der Waals surface area (Å²) in [5.41, 5.74) is 3.59. The third-order valence-corrected chi connectivity index (χ3v) is 8.30. The van der Waals surface area contributed by atoms with E-state index in [4.69, 9.17) is 13.8 Å². The number of piperidine rings is 2. The Kier molecular flexibility index (Phi) is 8.59. The minimum absolute atomic E-state index is 0. The zero-order chi connectivity index (χ0) is 24.4. The number of fused-ring (bicyclic) bond motifs is 2. The van der Waals surface area contributed by atoms with Gasteiger partial charge in [0.15, 0.2) is 11.2 Å². The fourth-order valence-electron chi connectivity index (χ4n) is 4.67. The van der Waals surface area contributed by atoms with Crippen molar-refractivity contribution in [3.8, 4) is 0 Å². The molecule has 11 heteroatoms. The molecule has 8 nitrogen and oxygen atoms in total. The molecule has 0 aliphatic carbocycles. The predicted molar refractivity (Wildman–Crippen MR) is 146 cm³/mol. The number of hydrogen-bond acceptors (Lipinski definition) is 9. The van der Waals surface area contributed by atoms with Crippen LogP contribution in [0.3, 0.4) is 0 Å². The number of thiophene rings is 2. The summed E-state index contributed by atoms with van der Waals surface area (Å²) < 4.78 is 18.4. The Morgan fingerprint density at radius 3 is 1.94 bits per heavy atom. The molecular formula is C25H33ClN4O4S2. The molecule has 0 saturated carbocycles. The maximum atomic E-state index is 12.0. The van der Waals surface area contributed by atoms with Crippen LogP contribution in [-0.2, 0) is 4.74 Å². The second-order valence-electron chi connectivity index (χ2n) is 10.1. The summed E-state index contributed by atoms with van der Waals surface area (Å²) in [6, 6.07) is 3.95. The molecule has 0 atom stereocenters. The van der Waals surface area contributed by atoms with Crippen LogP contribution in [-0.4, -0.2) is 53.1 Å². The lowest BCUT2D eigenvalue weighted by Gasteiger charge is -2.32. The molecule has 0 aromatic carbocycles. The lowest BCUT2D eigenvalue weighted by molar-refractivity contribution is 0.0204. The normalized spacial score (nSPS) is 17.6. The van der Waals surface area contributed by atoms with Crippen molar-refractivity contribution in [2.24, 2.45) is 0 Å². The van der Waals surface area contributed by atoms with Crippen molar-refractivity contribution in [2.45, 2.75) is 63.9 Å². The van der Waals surface area contributed by atoms with Crippen molar-refractivity contribution in [1.29, 1.82) is 0 Å². The first-order chi connectivity index (χ1) is 16.9. The number of likely N-dealkylation sites (tertiary alicyclic amines) is 1. The molecule has 0 spiro atoms. The number of rotatable bonds is 2. The topological polar surface area (TPSA) is 93.6 Å². The SMILES string of the molecule is CC(C)(C)OC(=O)N1CCC(c2noc3ccsc23)CC1.Cl.c1cc2onc(C3CCNCC3)c2s1. The molecule has 1 amide bonds. The van der Waals surface area contributed by atoms with Crippen molar-refractivity contribution in [3.05, 3.63) is 34.3 Å². The van der Waals surface area contributed by atoms with Gasteiger partial charge in [0.2, 0.25) is 0 Å². The summed E-state index contributed by atoms with van der Waals surface area (Å²) in [6.45, 7) is 9.29. The molecule has 2 fully saturated rings. The van der Waals surface area contributed by atoms with Crippen LogP contribution in [0.15, 0.2) is 31.9 Å². The van der Waals surface area contributed by atoms with Gasteiger partial charge in [-0.15, -0.1) is 35.1 Å². The van der Waals surface area contributed by atoms with Gasteiger partial charge in [0.25, 0.3) is 0 Å². The van der Waals surface area contributed by atoms with E-state index in [1.165, 1.54) is 23.2 Å². The highest BCUT2D eigenvalue weighted by molar-refractivity contribution is 7.17. The Morgan fingerprint density at radius 1 is 0.944 bits per heavy atom. The van der Waals surface area contributed by atoms with Gasteiger partial charge in [0, 0.05) is 24.9 Å². The van der Waals surface area contributed by atoms with E-state index >= 15 is 0 Å². The van der Waals surface area contributed by atoms with Crippen molar-refractivity contribution < 1.29 is 18.6 Å². The maximum absolute atomic E-state index is 12.0. The fourth-order valence-corrected chi connectivity index (χ4v) is 6.42. The minimum atomic E-state index is -0.441. The summed E-state index contributed by atoms with van der Waals surface area (Å²) >= 11 is 3.41. The van der Waals surface area contributed by atoms with Crippen LogP contribution >= 0.6 is 35.1 Å². The maximum Gasteiger partial charge on any atom is 0.410 e. The summed E-state index contributed by atoms with van der Waals surface area (Å²) in [7, 11) is 0. The molecule has 6 rings (SSSR count). The van der Waals surface area contributed by atoms with Gasteiger partial charge in [-0.05, 0) is 82.4 Å². The summed E-state index contributed by atoms with van der Waals surface area (Å²) in [4.78, 5) is 13.8. The largest absolute Gasteiger partial charge is 0.444 e. The Hall–Kier alpha value is -2.14.